The molecule has 0 aromatic rings. The van der Waals surface area contributed by atoms with E-state index in [0.717, 1.165) is 37.1 Å². The molecule has 3 nitrogen and oxygen atoms in total. The monoisotopic (exact) mass is 233 g/mol. The maximum Gasteiger partial charge on any atom is 0.101 e. The van der Waals surface area contributed by atoms with Gasteiger partial charge in [0.25, 0.3) is 0 Å². The number of nitriles is 1. The number of hydrogen-bond acceptors (Lipinski definition) is 3. The van der Waals surface area contributed by atoms with Crippen LogP contribution in [0.4, 0.5) is 0 Å². The van der Waals surface area contributed by atoms with Crippen LogP contribution in [0.5, 0.6) is 0 Å². The number of nitrogens with zero attached hydrogens (tertiary/aromatic N) is 1. The van der Waals surface area contributed by atoms with E-state index in [9.17, 15) is 5.26 Å². The van der Waals surface area contributed by atoms with Crippen molar-refractivity contribution in [3.63, 3.8) is 0 Å². The molecule has 0 bridgehead atoms. The lowest BCUT2D eigenvalue weighted by Crippen LogP contribution is -2.33. The van der Waals surface area contributed by atoms with Gasteiger partial charge in [0.2, 0.25) is 0 Å². The van der Waals surface area contributed by atoms with Crippen molar-refractivity contribution in [3.8, 4) is 6.07 Å². The smallest absolute Gasteiger partial charge is 0.101 e. The summed E-state index contributed by atoms with van der Waals surface area (Å²) >= 11 is 0. The third-order valence-corrected chi connectivity index (χ3v) is 3.27. The third kappa shape index (κ3) is 3.34. The number of allylic oxidation sites excluding steroid dienone is 1. The molecule has 0 spiro atoms. The van der Waals surface area contributed by atoms with Crippen LogP contribution in [0.15, 0.2) is 22.4 Å². The van der Waals surface area contributed by atoms with E-state index in [0.29, 0.717) is 6.04 Å². The van der Waals surface area contributed by atoms with Gasteiger partial charge in [-0.2, -0.15) is 5.26 Å². The van der Waals surface area contributed by atoms with Crippen molar-refractivity contribution in [2.24, 2.45) is 0 Å². The molecule has 0 aromatic carbocycles. The van der Waals surface area contributed by atoms with Crippen LogP contribution in [0.25, 0.3) is 0 Å². The molecular formula is C14H23N3. The van der Waals surface area contributed by atoms with E-state index in [1.54, 1.807) is 0 Å². The van der Waals surface area contributed by atoms with Gasteiger partial charge in [-0.1, -0.05) is 18.9 Å². The Morgan fingerprint density at radius 3 is 2.76 bits per heavy atom. The first kappa shape index (κ1) is 13.8. The highest BCUT2D eigenvalue weighted by Crippen LogP contribution is 2.24. The van der Waals surface area contributed by atoms with Crippen molar-refractivity contribution in [2.75, 3.05) is 13.6 Å². The van der Waals surface area contributed by atoms with Crippen LogP contribution in [-0.2, 0) is 0 Å². The second-order valence-electron chi connectivity index (χ2n) is 4.71. The van der Waals surface area contributed by atoms with Gasteiger partial charge in [0.05, 0.1) is 5.57 Å². The molecule has 0 saturated heterocycles. The highest BCUT2D eigenvalue weighted by atomic mass is 14.9. The van der Waals surface area contributed by atoms with E-state index in [-0.39, 0.29) is 0 Å². The van der Waals surface area contributed by atoms with Gasteiger partial charge in [-0.3, -0.25) is 0 Å². The zero-order valence-corrected chi connectivity index (χ0v) is 11.4. The van der Waals surface area contributed by atoms with Gasteiger partial charge in [-0.15, -0.1) is 0 Å². The second-order valence-corrected chi connectivity index (χ2v) is 4.71. The molecule has 0 aromatic heterocycles. The lowest BCUT2D eigenvalue weighted by Gasteiger charge is -2.25. The summed E-state index contributed by atoms with van der Waals surface area (Å²) < 4.78 is 0. The van der Waals surface area contributed by atoms with E-state index in [2.05, 4.69) is 37.5 Å². The molecule has 1 rings (SSSR count). The minimum atomic E-state index is 0.517. The molecule has 0 radical (unpaired) electrons. The van der Waals surface area contributed by atoms with E-state index >= 15 is 0 Å². The molecule has 1 aliphatic rings. The summed E-state index contributed by atoms with van der Waals surface area (Å²) in [5, 5.41) is 16.0. The van der Waals surface area contributed by atoms with Crippen molar-refractivity contribution < 1.29 is 0 Å². The molecule has 1 atom stereocenters. The molecule has 0 amide bonds. The Morgan fingerprint density at radius 1 is 1.59 bits per heavy atom. The van der Waals surface area contributed by atoms with Crippen molar-refractivity contribution in [2.45, 2.75) is 46.1 Å². The normalized spacial score (nSPS) is 21.9. The molecule has 3 heteroatoms. The highest BCUT2D eigenvalue weighted by Gasteiger charge is 2.19. The molecule has 1 heterocycles. The van der Waals surface area contributed by atoms with E-state index in [1.165, 1.54) is 11.1 Å². The van der Waals surface area contributed by atoms with Crippen LogP contribution in [0.1, 0.15) is 40.0 Å². The quantitative estimate of drug-likeness (QED) is 0.733. The molecule has 17 heavy (non-hydrogen) atoms. The Labute approximate surface area is 105 Å². The molecule has 1 aliphatic heterocycles. The van der Waals surface area contributed by atoms with Crippen LogP contribution in [0.2, 0.25) is 0 Å². The molecule has 94 valence electrons. The molecule has 2 N–H and O–H groups in total. The first-order chi connectivity index (χ1) is 8.13. The topological polar surface area (TPSA) is 47.9 Å². The fourth-order valence-electron chi connectivity index (χ4n) is 2.33. The Bertz CT molecular complexity index is 371. The van der Waals surface area contributed by atoms with Crippen molar-refractivity contribution in [1.29, 1.82) is 5.26 Å². The minimum Gasteiger partial charge on any atom is -0.390 e. The summed E-state index contributed by atoms with van der Waals surface area (Å²) in [4.78, 5) is 0. The van der Waals surface area contributed by atoms with Crippen LogP contribution in [0, 0.1) is 11.3 Å². The van der Waals surface area contributed by atoms with Crippen LogP contribution < -0.4 is 10.6 Å². The summed E-state index contributed by atoms with van der Waals surface area (Å²) in [6, 6.07) is 2.89. The summed E-state index contributed by atoms with van der Waals surface area (Å²) in [7, 11) is 1.90. The summed E-state index contributed by atoms with van der Waals surface area (Å²) in [6.07, 6.45) is 3.02. The lowest BCUT2D eigenvalue weighted by molar-refractivity contribution is 0.541. The fraction of sp³-hybridized carbons (Fsp3) is 0.643. The number of hydrogen-bond donors (Lipinski definition) is 2. The first-order valence-corrected chi connectivity index (χ1v) is 6.37. The van der Waals surface area contributed by atoms with Gasteiger partial charge in [0.1, 0.15) is 6.07 Å². The minimum absolute atomic E-state index is 0.517. The van der Waals surface area contributed by atoms with Gasteiger partial charge in [-0.25, -0.2) is 0 Å². The van der Waals surface area contributed by atoms with Gasteiger partial charge in [0.15, 0.2) is 0 Å². The zero-order valence-electron chi connectivity index (χ0n) is 11.4. The summed E-state index contributed by atoms with van der Waals surface area (Å²) in [6.45, 7) is 7.27. The van der Waals surface area contributed by atoms with Crippen LogP contribution >= 0.6 is 0 Å². The van der Waals surface area contributed by atoms with Gasteiger partial charge in [-0.05, 0) is 32.3 Å². The fourth-order valence-corrected chi connectivity index (χ4v) is 2.33. The maximum atomic E-state index is 9.38. The lowest BCUT2D eigenvalue weighted by atomic mass is 9.91. The van der Waals surface area contributed by atoms with Crippen LogP contribution in [-0.4, -0.2) is 19.6 Å². The van der Waals surface area contributed by atoms with E-state index in [4.69, 9.17) is 0 Å². The Morgan fingerprint density at radius 2 is 2.29 bits per heavy atom. The average molecular weight is 233 g/mol. The number of nitrogens with one attached hydrogen (secondary N) is 2. The summed E-state index contributed by atoms with van der Waals surface area (Å²) in [5.41, 5.74) is 4.44. The Hall–Kier alpha value is -1.27. The molecule has 0 fully saturated rings. The number of rotatable bonds is 4. The SMILES string of the molecule is CCC/C(NC)=C(/C#N)C1=C(C)CC(C)NC1. The molecule has 1 unspecified atom stereocenters. The molecule has 0 saturated carbocycles. The van der Waals surface area contributed by atoms with Crippen molar-refractivity contribution in [1.82, 2.24) is 10.6 Å². The van der Waals surface area contributed by atoms with Crippen LogP contribution in [0.3, 0.4) is 0 Å². The standard InChI is InChI=1S/C14H23N3/c1-5-6-14(16-4)12(8-15)13-9-17-11(3)7-10(13)2/h11,16-17H,5-7,9H2,1-4H3/b14-12+. The first-order valence-electron chi connectivity index (χ1n) is 6.37. The Kier molecular flexibility index (Phi) is 5.24. The molecular weight excluding hydrogens is 210 g/mol. The van der Waals surface area contributed by atoms with Gasteiger partial charge in [0, 0.05) is 25.3 Å². The predicted molar refractivity (Wildman–Crippen MR) is 71.4 cm³/mol. The Balaban J connectivity index is 3.10. The maximum absolute atomic E-state index is 9.38. The second kappa shape index (κ2) is 6.46. The highest BCUT2D eigenvalue weighted by molar-refractivity contribution is 5.49. The largest absolute Gasteiger partial charge is 0.390 e. The third-order valence-electron chi connectivity index (χ3n) is 3.27. The van der Waals surface area contributed by atoms with Crippen molar-refractivity contribution >= 4 is 0 Å². The predicted octanol–water partition coefficient (Wildman–Crippen LogP) is 2.48. The summed E-state index contributed by atoms with van der Waals surface area (Å²) in [5.74, 6) is 0. The molecule has 0 aliphatic carbocycles. The van der Waals surface area contributed by atoms with Gasteiger partial charge >= 0.3 is 0 Å². The van der Waals surface area contributed by atoms with E-state index < -0.39 is 0 Å². The van der Waals surface area contributed by atoms with Gasteiger partial charge < -0.3 is 10.6 Å². The zero-order chi connectivity index (χ0) is 12.8. The van der Waals surface area contributed by atoms with Crippen molar-refractivity contribution in [3.05, 3.63) is 22.4 Å². The van der Waals surface area contributed by atoms with E-state index in [1.807, 2.05) is 7.05 Å². The average Bonchev–Trinajstić information content (AvgIpc) is 2.31.